The SMILES string of the molecule is COC(=O)CNC(=O)CCN(C)[C@H](C)c1ccccc1F. The number of ether oxygens (including phenoxy) is 1. The molecule has 1 rings (SSSR count). The molecule has 0 saturated carbocycles. The Balaban J connectivity index is 2.43. The number of benzene rings is 1. The lowest BCUT2D eigenvalue weighted by atomic mass is 10.1. The lowest BCUT2D eigenvalue weighted by Crippen LogP contribution is -2.33. The van der Waals surface area contributed by atoms with Crippen LogP contribution in [0.5, 0.6) is 0 Å². The highest BCUT2D eigenvalue weighted by atomic mass is 19.1. The average molecular weight is 296 g/mol. The van der Waals surface area contributed by atoms with Crippen LogP contribution in [0, 0.1) is 5.82 Å². The Hall–Kier alpha value is -1.95. The minimum Gasteiger partial charge on any atom is -0.468 e. The summed E-state index contributed by atoms with van der Waals surface area (Å²) in [6.45, 7) is 2.20. The molecular formula is C15H21FN2O3. The first-order valence-electron chi connectivity index (χ1n) is 6.74. The van der Waals surface area contributed by atoms with E-state index in [4.69, 9.17) is 0 Å². The van der Waals surface area contributed by atoms with Crippen LogP contribution >= 0.6 is 0 Å². The fourth-order valence-electron chi connectivity index (χ4n) is 1.85. The Labute approximate surface area is 124 Å². The predicted molar refractivity (Wildman–Crippen MR) is 77.1 cm³/mol. The Morgan fingerprint density at radius 3 is 2.67 bits per heavy atom. The highest BCUT2D eigenvalue weighted by molar-refractivity contribution is 5.81. The molecule has 0 aliphatic carbocycles. The van der Waals surface area contributed by atoms with Gasteiger partial charge in [0.1, 0.15) is 12.4 Å². The van der Waals surface area contributed by atoms with E-state index in [0.717, 1.165) is 0 Å². The number of nitrogens with zero attached hydrogens (tertiary/aromatic N) is 1. The van der Waals surface area contributed by atoms with E-state index < -0.39 is 5.97 Å². The van der Waals surface area contributed by atoms with E-state index >= 15 is 0 Å². The number of carbonyl (C=O) groups excluding carboxylic acids is 2. The summed E-state index contributed by atoms with van der Waals surface area (Å²) in [5, 5.41) is 2.46. The third kappa shape index (κ3) is 5.51. The van der Waals surface area contributed by atoms with Crippen LogP contribution < -0.4 is 5.32 Å². The zero-order valence-electron chi connectivity index (χ0n) is 12.6. The summed E-state index contributed by atoms with van der Waals surface area (Å²) in [6, 6.07) is 6.44. The van der Waals surface area contributed by atoms with Crippen molar-refractivity contribution in [3.05, 3.63) is 35.6 Å². The summed E-state index contributed by atoms with van der Waals surface area (Å²) >= 11 is 0. The van der Waals surface area contributed by atoms with Gasteiger partial charge in [0.25, 0.3) is 0 Å². The quantitative estimate of drug-likeness (QED) is 0.775. The molecule has 6 heteroatoms. The van der Waals surface area contributed by atoms with Crippen molar-refractivity contribution in [2.75, 3.05) is 27.2 Å². The van der Waals surface area contributed by atoms with E-state index in [1.807, 2.05) is 18.9 Å². The van der Waals surface area contributed by atoms with Crippen LogP contribution in [0.1, 0.15) is 24.9 Å². The number of hydrogen-bond donors (Lipinski definition) is 1. The molecule has 0 heterocycles. The fraction of sp³-hybridized carbons (Fsp3) is 0.467. The molecule has 0 radical (unpaired) electrons. The maximum atomic E-state index is 13.7. The molecule has 1 N–H and O–H groups in total. The lowest BCUT2D eigenvalue weighted by Gasteiger charge is -2.25. The Morgan fingerprint density at radius 2 is 2.05 bits per heavy atom. The van der Waals surface area contributed by atoms with Crippen LogP contribution in [0.4, 0.5) is 4.39 Å². The average Bonchev–Trinajstić information content (AvgIpc) is 2.49. The Kier molecular flexibility index (Phi) is 6.81. The van der Waals surface area contributed by atoms with Crippen LogP contribution in [-0.2, 0) is 14.3 Å². The van der Waals surface area contributed by atoms with Crippen molar-refractivity contribution >= 4 is 11.9 Å². The minimum absolute atomic E-state index is 0.137. The first kappa shape index (κ1) is 17.1. The molecule has 1 aromatic rings. The summed E-state index contributed by atoms with van der Waals surface area (Å²) in [5.74, 6) is -0.989. The standard InChI is InChI=1S/C15H21FN2O3/c1-11(12-6-4-5-7-13(12)16)18(2)9-8-14(19)17-10-15(20)21-3/h4-7,11H,8-10H2,1-3H3,(H,17,19)/t11-/m1/s1. The van der Waals surface area contributed by atoms with Gasteiger partial charge in [-0.2, -0.15) is 0 Å². The molecule has 0 spiro atoms. The van der Waals surface area contributed by atoms with Gasteiger partial charge >= 0.3 is 5.97 Å². The van der Waals surface area contributed by atoms with Crippen molar-refractivity contribution in [2.24, 2.45) is 0 Å². The van der Waals surface area contributed by atoms with Crippen LogP contribution in [0.15, 0.2) is 24.3 Å². The zero-order chi connectivity index (χ0) is 15.8. The topological polar surface area (TPSA) is 58.6 Å². The van der Waals surface area contributed by atoms with Crippen LogP contribution in [0.3, 0.4) is 0 Å². The number of methoxy groups -OCH3 is 1. The van der Waals surface area contributed by atoms with Crippen LogP contribution in [-0.4, -0.2) is 44.0 Å². The minimum atomic E-state index is -0.489. The molecule has 0 fully saturated rings. The summed E-state index contributed by atoms with van der Waals surface area (Å²) in [7, 11) is 3.09. The number of amides is 1. The molecule has 1 aromatic carbocycles. The van der Waals surface area contributed by atoms with Gasteiger partial charge in [0, 0.05) is 24.6 Å². The van der Waals surface area contributed by atoms with Gasteiger partial charge in [-0.15, -0.1) is 0 Å². The van der Waals surface area contributed by atoms with Gasteiger partial charge in [-0.25, -0.2) is 4.39 Å². The summed E-state index contributed by atoms with van der Waals surface area (Å²) < 4.78 is 18.1. The maximum Gasteiger partial charge on any atom is 0.325 e. The molecule has 21 heavy (non-hydrogen) atoms. The van der Waals surface area contributed by atoms with E-state index in [-0.39, 0.29) is 30.7 Å². The van der Waals surface area contributed by atoms with E-state index in [0.29, 0.717) is 12.1 Å². The first-order valence-corrected chi connectivity index (χ1v) is 6.74. The van der Waals surface area contributed by atoms with Gasteiger partial charge in [-0.3, -0.25) is 14.5 Å². The maximum absolute atomic E-state index is 13.7. The number of rotatable bonds is 7. The number of nitrogens with one attached hydrogen (secondary N) is 1. The second kappa shape index (κ2) is 8.36. The smallest absolute Gasteiger partial charge is 0.325 e. The van der Waals surface area contributed by atoms with Crippen molar-refractivity contribution in [3.63, 3.8) is 0 Å². The van der Waals surface area contributed by atoms with E-state index in [1.54, 1.807) is 18.2 Å². The zero-order valence-corrected chi connectivity index (χ0v) is 12.6. The van der Waals surface area contributed by atoms with Gasteiger partial charge in [-0.1, -0.05) is 18.2 Å². The number of esters is 1. The summed E-state index contributed by atoms with van der Waals surface area (Å²) in [6.07, 6.45) is 0.228. The molecule has 1 atom stereocenters. The lowest BCUT2D eigenvalue weighted by molar-refractivity contribution is -0.141. The third-order valence-corrected chi connectivity index (χ3v) is 3.37. The molecule has 0 bridgehead atoms. The van der Waals surface area contributed by atoms with Crippen molar-refractivity contribution in [2.45, 2.75) is 19.4 Å². The number of hydrogen-bond acceptors (Lipinski definition) is 4. The Bertz CT molecular complexity index is 494. The predicted octanol–water partition coefficient (Wildman–Crippen LogP) is 1.50. The van der Waals surface area contributed by atoms with Gasteiger partial charge in [0.2, 0.25) is 5.91 Å². The van der Waals surface area contributed by atoms with Gasteiger partial charge in [0.05, 0.1) is 7.11 Å². The van der Waals surface area contributed by atoms with Gasteiger partial charge in [-0.05, 0) is 20.0 Å². The molecule has 116 valence electrons. The van der Waals surface area contributed by atoms with Crippen molar-refractivity contribution in [1.29, 1.82) is 0 Å². The highest BCUT2D eigenvalue weighted by Gasteiger charge is 2.16. The third-order valence-electron chi connectivity index (χ3n) is 3.37. The molecule has 0 aromatic heterocycles. The number of halogens is 1. The van der Waals surface area contributed by atoms with Crippen molar-refractivity contribution < 1.29 is 18.7 Å². The largest absolute Gasteiger partial charge is 0.468 e. The molecule has 0 aliphatic rings. The molecule has 5 nitrogen and oxygen atoms in total. The van der Waals surface area contributed by atoms with Crippen molar-refractivity contribution in [3.8, 4) is 0 Å². The van der Waals surface area contributed by atoms with Crippen molar-refractivity contribution in [1.82, 2.24) is 10.2 Å². The molecule has 1 amide bonds. The Morgan fingerprint density at radius 1 is 1.38 bits per heavy atom. The molecular weight excluding hydrogens is 275 g/mol. The number of carbonyl (C=O) groups is 2. The van der Waals surface area contributed by atoms with E-state index in [9.17, 15) is 14.0 Å². The second-order valence-electron chi connectivity index (χ2n) is 4.78. The highest BCUT2D eigenvalue weighted by Crippen LogP contribution is 2.21. The summed E-state index contributed by atoms with van der Waals surface area (Å²) in [5.41, 5.74) is 0.593. The van der Waals surface area contributed by atoms with Crippen LogP contribution in [0.25, 0.3) is 0 Å². The van der Waals surface area contributed by atoms with Gasteiger partial charge in [0.15, 0.2) is 0 Å². The molecule has 0 unspecified atom stereocenters. The first-order chi connectivity index (χ1) is 9.95. The normalized spacial score (nSPS) is 12.0. The second-order valence-corrected chi connectivity index (χ2v) is 4.78. The monoisotopic (exact) mass is 296 g/mol. The van der Waals surface area contributed by atoms with E-state index in [2.05, 4.69) is 10.1 Å². The van der Waals surface area contributed by atoms with Gasteiger partial charge < -0.3 is 10.1 Å². The summed E-state index contributed by atoms with van der Waals surface area (Å²) in [4.78, 5) is 24.4. The van der Waals surface area contributed by atoms with Crippen LogP contribution in [0.2, 0.25) is 0 Å². The molecule has 0 saturated heterocycles. The fourth-order valence-corrected chi connectivity index (χ4v) is 1.85. The molecule has 0 aliphatic heterocycles. The van der Waals surface area contributed by atoms with E-state index in [1.165, 1.54) is 13.2 Å².